The molecule has 2 heteroatoms. The summed E-state index contributed by atoms with van der Waals surface area (Å²) in [6, 6.07) is 10.3. The number of nitrogens with zero attached hydrogens (tertiary/aromatic N) is 1. The molecule has 84 valence electrons. The predicted octanol–water partition coefficient (Wildman–Crippen LogP) is 2.30. The van der Waals surface area contributed by atoms with Crippen LogP contribution < -0.4 is 0 Å². The Bertz CT molecular complexity index is 264. The Labute approximate surface area is 93.1 Å². The van der Waals surface area contributed by atoms with Gasteiger partial charge in [-0.25, -0.2) is 0 Å². The number of hydrogen-bond acceptors (Lipinski definition) is 1. The van der Waals surface area contributed by atoms with Crippen LogP contribution in [0.5, 0.6) is 0 Å². The van der Waals surface area contributed by atoms with Crippen LogP contribution in [0.25, 0.3) is 0 Å². The Balaban J connectivity index is 2.08. The van der Waals surface area contributed by atoms with E-state index in [9.17, 15) is 0 Å². The van der Waals surface area contributed by atoms with Gasteiger partial charge in [-0.2, -0.15) is 0 Å². The Morgan fingerprint density at radius 3 is 2.33 bits per heavy atom. The molecule has 0 radical (unpaired) electrons. The highest BCUT2D eigenvalue weighted by molar-refractivity contribution is 5.13. The molecule has 0 bridgehead atoms. The highest BCUT2D eigenvalue weighted by Crippen LogP contribution is 2.01. The van der Waals surface area contributed by atoms with Crippen molar-refractivity contribution in [1.82, 2.24) is 0 Å². The quantitative estimate of drug-likeness (QED) is 0.515. The first-order chi connectivity index (χ1) is 7.08. The van der Waals surface area contributed by atoms with E-state index in [0.29, 0.717) is 0 Å². The highest BCUT2D eigenvalue weighted by Gasteiger charge is 2.05. The minimum Gasteiger partial charge on any atom is -0.377 e. The number of rotatable bonds is 6. The Kier molecular flexibility index (Phi) is 4.79. The molecule has 0 saturated carbocycles. The normalized spacial score (nSPS) is 11.7. The Hall–Kier alpha value is -0.860. The van der Waals surface area contributed by atoms with Gasteiger partial charge in [0.05, 0.1) is 40.9 Å². The Morgan fingerprint density at radius 2 is 1.73 bits per heavy atom. The van der Waals surface area contributed by atoms with E-state index < -0.39 is 0 Å². The molecule has 0 fully saturated rings. The molecule has 2 nitrogen and oxygen atoms in total. The van der Waals surface area contributed by atoms with Crippen LogP contribution in [-0.2, 0) is 11.3 Å². The standard InChI is InChI=1S/C13H22NO/c1-14(2,3)10-7-11-15-12-13-8-5-4-6-9-13/h4-6,8-9H,7,10-12H2,1-3H3/q+1. The summed E-state index contributed by atoms with van der Waals surface area (Å²) in [5.41, 5.74) is 1.25. The van der Waals surface area contributed by atoms with E-state index in [2.05, 4.69) is 33.3 Å². The molecule has 0 saturated heterocycles. The van der Waals surface area contributed by atoms with Crippen molar-refractivity contribution in [2.45, 2.75) is 13.0 Å². The van der Waals surface area contributed by atoms with E-state index in [1.165, 1.54) is 5.56 Å². The minimum absolute atomic E-state index is 0.734. The molecule has 0 aromatic heterocycles. The lowest BCUT2D eigenvalue weighted by Gasteiger charge is -2.23. The molecule has 0 heterocycles. The molecular formula is C13H22NO+. The minimum atomic E-state index is 0.734. The maximum absolute atomic E-state index is 5.61. The van der Waals surface area contributed by atoms with Gasteiger partial charge in [-0.3, -0.25) is 0 Å². The van der Waals surface area contributed by atoms with Crippen molar-refractivity contribution in [2.24, 2.45) is 0 Å². The molecule has 0 atom stereocenters. The van der Waals surface area contributed by atoms with Gasteiger partial charge in [0.1, 0.15) is 0 Å². The average molecular weight is 208 g/mol. The van der Waals surface area contributed by atoms with E-state index in [1.54, 1.807) is 0 Å². The van der Waals surface area contributed by atoms with Gasteiger partial charge in [-0.1, -0.05) is 30.3 Å². The third kappa shape index (κ3) is 6.26. The third-order valence-electron chi connectivity index (χ3n) is 2.23. The lowest BCUT2D eigenvalue weighted by molar-refractivity contribution is -0.870. The molecule has 1 rings (SSSR count). The number of hydrogen-bond donors (Lipinski definition) is 0. The van der Waals surface area contributed by atoms with Gasteiger partial charge in [0.25, 0.3) is 0 Å². The molecule has 0 spiro atoms. The average Bonchev–Trinajstić information content (AvgIpc) is 2.17. The first kappa shape index (κ1) is 12.2. The van der Waals surface area contributed by atoms with Gasteiger partial charge in [0.15, 0.2) is 0 Å². The lowest BCUT2D eigenvalue weighted by atomic mass is 10.2. The molecule has 15 heavy (non-hydrogen) atoms. The van der Waals surface area contributed by atoms with Gasteiger partial charge >= 0.3 is 0 Å². The van der Waals surface area contributed by atoms with Crippen LogP contribution in [-0.4, -0.2) is 38.8 Å². The molecule has 0 aliphatic carbocycles. The maximum Gasteiger partial charge on any atom is 0.0802 e. The van der Waals surface area contributed by atoms with Gasteiger partial charge in [0, 0.05) is 6.42 Å². The number of benzene rings is 1. The van der Waals surface area contributed by atoms with Crippen LogP contribution in [0.4, 0.5) is 0 Å². The molecule has 0 unspecified atom stereocenters. The molecule has 1 aromatic rings. The summed E-state index contributed by atoms with van der Waals surface area (Å²) >= 11 is 0. The van der Waals surface area contributed by atoms with E-state index in [4.69, 9.17) is 4.74 Å². The Morgan fingerprint density at radius 1 is 1.07 bits per heavy atom. The summed E-state index contributed by atoms with van der Waals surface area (Å²) in [4.78, 5) is 0. The second-order valence-electron chi connectivity index (χ2n) is 4.91. The SMILES string of the molecule is C[N+](C)(C)CCCOCc1ccccc1. The van der Waals surface area contributed by atoms with Crippen molar-refractivity contribution in [1.29, 1.82) is 0 Å². The second kappa shape index (κ2) is 5.89. The van der Waals surface area contributed by atoms with Crippen molar-refractivity contribution in [3.05, 3.63) is 35.9 Å². The second-order valence-corrected chi connectivity index (χ2v) is 4.91. The van der Waals surface area contributed by atoms with Crippen LogP contribution in [0.1, 0.15) is 12.0 Å². The molecular weight excluding hydrogens is 186 g/mol. The van der Waals surface area contributed by atoms with Crippen molar-refractivity contribution < 1.29 is 9.22 Å². The van der Waals surface area contributed by atoms with E-state index >= 15 is 0 Å². The fourth-order valence-electron chi connectivity index (χ4n) is 1.41. The maximum atomic E-state index is 5.61. The van der Waals surface area contributed by atoms with Crippen molar-refractivity contribution in [3.8, 4) is 0 Å². The molecule has 0 amide bonds. The molecule has 1 aromatic carbocycles. The van der Waals surface area contributed by atoms with Gasteiger partial charge in [-0.05, 0) is 5.56 Å². The van der Waals surface area contributed by atoms with Crippen molar-refractivity contribution in [2.75, 3.05) is 34.3 Å². The number of quaternary nitrogens is 1. The monoisotopic (exact) mass is 208 g/mol. The molecule has 0 aliphatic heterocycles. The summed E-state index contributed by atoms with van der Waals surface area (Å²) in [5.74, 6) is 0. The summed E-state index contributed by atoms with van der Waals surface area (Å²) in [6.07, 6.45) is 1.12. The first-order valence-electron chi connectivity index (χ1n) is 5.50. The van der Waals surface area contributed by atoms with Crippen LogP contribution in [0.15, 0.2) is 30.3 Å². The summed E-state index contributed by atoms with van der Waals surface area (Å²) in [6.45, 7) is 2.75. The van der Waals surface area contributed by atoms with Crippen LogP contribution in [0, 0.1) is 0 Å². The van der Waals surface area contributed by atoms with E-state index in [0.717, 1.165) is 30.7 Å². The fraction of sp³-hybridized carbons (Fsp3) is 0.538. The summed E-state index contributed by atoms with van der Waals surface area (Å²) < 4.78 is 6.61. The van der Waals surface area contributed by atoms with Crippen molar-refractivity contribution in [3.63, 3.8) is 0 Å². The van der Waals surface area contributed by atoms with Crippen LogP contribution in [0.3, 0.4) is 0 Å². The van der Waals surface area contributed by atoms with Gasteiger partial charge in [-0.15, -0.1) is 0 Å². The van der Waals surface area contributed by atoms with Gasteiger partial charge in [0.2, 0.25) is 0 Å². The highest BCUT2D eigenvalue weighted by atomic mass is 16.5. The summed E-state index contributed by atoms with van der Waals surface area (Å²) in [7, 11) is 6.62. The smallest absolute Gasteiger partial charge is 0.0802 e. The number of ether oxygens (including phenoxy) is 1. The zero-order valence-electron chi connectivity index (χ0n) is 10.1. The zero-order valence-corrected chi connectivity index (χ0v) is 10.1. The first-order valence-corrected chi connectivity index (χ1v) is 5.50. The predicted molar refractivity (Wildman–Crippen MR) is 63.6 cm³/mol. The fourth-order valence-corrected chi connectivity index (χ4v) is 1.41. The largest absolute Gasteiger partial charge is 0.377 e. The van der Waals surface area contributed by atoms with Crippen LogP contribution >= 0.6 is 0 Å². The van der Waals surface area contributed by atoms with Gasteiger partial charge < -0.3 is 9.22 Å². The lowest BCUT2D eigenvalue weighted by Crippen LogP contribution is -2.35. The molecule has 0 aliphatic rings. The molecule has 0 N–H and O–H groups in total. The van der Waals surface area contributed by atoms with Crippen molar-refractivity contribution >= 4 is 0 Å². The van der Waals surface area contributed by atoms with Crippen LogP contribution in [0.2, 0.25) is 0 Å². The van der Waals surface area contributed by atoms with E-state index in [1.807, 2.05) is 18.2 Å². The van der Waals surface area contributed by atoms with E-state index in [-0.39, 0.29) is 0 Å². The summed E-state index contributed by atoms with van der Waals surface area (Å²) in [5, 5.41) is 0. The third-order valence-corrected chi connectivity index (χ3v) is 2.23. The zero-order chi connectivity index (χ0) is 11.1. The topological polar surface area (TPSA) is 9.23 Å².